The lowest BCUT2D eigenvalue weighted by atomic mass is 9.84. The van der Waals surface area contributed by atoms with Gasteiger partial charge in [0.2, 0.25) is 0 Å². The van der Waals surface area contributed by atoms with Gasteiger partial charge in [0, 0.05) is 0 Å². The van der Waals surface area contributed by atoms with Crippen molar-refractivity contribution in [2.75, 3.05) is 5.73 Å². The van der Waals surface area contributed by atoms with E-state index in [1.165, 1.54) is 15.8 Å². The van der Waals surface area contributed by atoms with Gasteiger partial charge >= 0.3 is 0 Å². The van der Waals surface area contributed by atoms with Crippen LogP contribution in [0.15, 0.2) is 12.1 Å². The molecule has 2 rings (SSSR count). The molecular formula is C12H16N2S. The number of anilines is 1. The summed E-state index contributed by atoms with van der Waals surface area (Å²) in [4.78, 5) is 4.32. The Bertz CT molecular complexity index is 506. The van der Waals surface area contributed by atoms with E-state index in [1.54, 1.807) is 11.3 Å². The van der Waals surface area contributed by atoms with Gasteiger partial charge in [0.25, 0.3) is 0 Å². The number of aromatic nitrogens is 1. The fourth-order valence-corrected chi connectivity index (χ4v) is 2.72. The number of nitrogen functional groups attached to an aromatic ring is 1. The molecule has 0 aliphatic heterocycles. The molecule has 0 fully saturated rings. The lowest BCUT2D eigenvalue weighted by molar-refractivity contribution is 0.587. The Balaban J connectivity index is 2.72. The standard InChI is InChI=1S/C12H16N2S/c1-7-5-10-9(14-11(13)15-10)6-8(7)12(2,3)4/h5-6H,1-4H3,(H2,13,14). The predicted octanol–water partition coefficient (Wildman–Crippen LogP) is 3.48. The SMILES string of the molecule is Cc1cc2sc(N)nc2cc1C(C)(C)C. The lowest BCUT2D eigenvalue weighted by Gasteiger charge is -2.21. The largest absolute Gasteiger partial charge is 0.375 e. The molecule has 1 aromatic carbocycles. The van der Waals surface area contributed by atoms with Gasteiger partial charge in [0.15, 0.2) is 5.13 Å². The average molecular weight is 220 g/mol. The smallest absolute Gasteiger partial charge is 0.181 e. The van der Waals surface area contributed by atoms with Crippen molar-refractivity contribution in [2.24, 2.45) is 0 Å². The van der Waals surface area contributed by atoms with Gasteiger partial charge in [-0.25, -0.2) is 4.98 Å². The van der Waals surface area contributed by atoms with Crippen LogP contribution in [0, 0.1) is 6.92 Å². The summed E-state index contributed by atoms with van der Waals surface area (Å²) in [5, 5.41) is 0.649. The molecule has 0 saturated carbocycles. The Hall–Kier alpha value is -1.09. The fourth-order valence-electron chi connectivity index (χ4n) is 1.90. The maximum absolute atomic E-state index is 5.71. The van der Waals surface area contributed by atoms with Gasteiger partial charge in [0.05, 0.1) is 10.2 Å². The summed E-state index contributed by atoms with van der Waals surface area (Å²) in [5.74, 6) is 0. The number of thiazole rings is 1. The van der Waals surface area contributed by atoms with Crippen molar-refractivity contribution < 1.29 is 0 Å². The van der Waals surface area contributed by atoms with Gasteiger partial charge in [-0.2, -0.15) is 0 Å². The molecule has 0 aliphatic carbocycles. The van der Waals surface area contributed by atoms with Crippen molar-refractivity contribution in [3.8, 4) is 0 Å². The molecule has 1 heterocycles. The molecular weight excluding hydrogens is 204 g/mol. The molecule has 80 valence electrons. The van der Waals surface area contributed by atoms with Crippen molar-refractivity contribution in [1.29, 1.82) is 0 Å². The number of rotatable bonds is 0. The topological polar surface area (TPSA) is 38.9 Å². The van der Waals surface area contributed by atoms with Crippen LogP contribution in [0.3, 0.4) is 0 Å². The maximum atomic E-state index is 5.71. The molecule has 0 unspecified atom stereocenters. The van der Waals surface area contributed by atoms with Crippen LogP contribution in [0.5, 0.6) is 0 Å². The van der Waals surface area contributed by atoms with Crippen LogP contribution in [0.2, 0.25) is 0 Å². The second-order valence-corrected chi connectivity index (χ2v) is 6.00. The second-order valence-electron chi connectivity index (χ2n) is 4.94. The van der Waals surface area contributed by atoms with Crippen LogP contribution in [0.25, 0.3) is 10.2 Å². The zero-order chi connectivity index (χ0) is 11.2. The Morgan fingerprint density at radius 2 is 1.93 bits per heavy atom. The minimum Gasteiger partial charge on any atom is -0.375 e. The van der Waals surface area contributed by atoms with Gasteiger partial charge in [-0.3, -0.25) is 0 Å². The summed E-state index contributed by atoms with van der Waals surface area (Å²) in [6.45, 7) is 8.81. The van der Waals surface area contributed by atoms with Crippen LogP contribution in [0.4, 0.5) is 5.13 Å². The Kier molecular flexibility index (Phi) is 2.23. The number of nitrogens with two attached hydrogens (primary N) is 1. The van der Waals surface area contributed by atoms with E-state index < -0.39 is 0 Å². The number of hydrogen-bond donors (Lipinski definition) is 1. The predicted molar refractivity (Wildman–Crippen MR) is 67.5 cm³/mol. The summed E-state index contributed by atoms with van der Waals surface area (Å²) in [5.41, 5.74) is 9.56. The molecule has 2 N–H and O–H groups in total. The molecule has 0 radical (unpaired) electrons. The highest BCUT2D eigenvalue weighted by atomic mass is 32.1. The van der Waals surface area contributed by atoms with E-state index in [2.05, 4.69) is 44.8 Å². The van der Waals surface area contributed by atoms with Crippen LogP contribution in [-0.4, -0.2) is 4.98 Å². The van der Waals surface area contributed by atoms with Gasteiger partial charge in [0.1, 0.15) is 0 Å². The number of aryl methyl sites for hydroxylation is 1. The maximum Gasteiger partial charge on any atom is 0.181 e. The first-order chi connectivity index (χ1) is 6.88. The molecule has 0 amide bonds. The van der Waals surface area contributed by atoms with Crippen molar-refractivity contribution >= 4 is 26.7 Å². The van der Waals surface area contributed by atoms with E-state index in [0.717, 1.165) is 5.52 Å². The first-order valence-corrected chi connectivity index (χ1v) is 5.87. The Morgan fingerprint density at radius 3 is 2.53 bits per heavy atom. The van der Waals surface area contributed by atoms with Crippen molar-refractivity contribution in [2.45, 2.75) is 33.1 Å². The summed E-state index contributed by atoms with van der Waals surface area (Å²) in [6.07, 6.45) is 0. The van der Waals surface area contributed by atoms with E-state index in [1.807, 2.05) is 0 Å². The number of nitrogens with zero attached hydrogens (tertiary/aromatic N) is 1. The molecule has 1 aromatic heterocycles. The summed E-state index contributed by atoms with van der Waals surface area (Å²) < 4.78 is 1.18. The lowest BCUT2D eigenvalue weighted by Crippen LogP contribution is -2.12. The molecule has 0 aliphatic rings. The van der Waals surface area contributed by atoms with E-state index in [9.17, 15) is 0 Å². The number of benzene rings is 1. The minimum absolute atomic E-state index is 0.163. The molecule has 0 spiro atoms. The van der Waals surface area contributed by atoms with Gasteiger partial charge in [-0.1, -0.05) is 32.1 Å². The van der Waals surface area contributed by atoms with Gasteiger partial charge in [-0.15, -0.1) is 0 Å². The monoisotopic (exact) mass is 220 g/mol. The number of fused-ring (bicyclic) bond motifs is 1. The average Bonchev–Trinajstić information content (AvgIpc) is 2.40. The normalized spacial score (nSPS) is 12.3. The summed E-state index contributed by atoms with van der Waals surface area (Å²) >= 11 is 1.55. The zero-order valence-corrected chi connectivity index (χ0v) is 10.4. The minimum atomic E-state index is 0.163. The van der Waals surface area contributed by atoms with Crippen molar-refractivity contribution in [3.63, 3.8) is 0 Å². The number of hydrogen-bond acceptors (Lipinski definition) is 3. The van der Waals surface area contributed by atoms with Gasteiger partial charge in [-0.05, 0) is 35.6 Å². The van der Waals surface area contributed by atoms with Crippen LogP contribution >= 0.6 is 11.3 Å². The third-order valence-corrected chi connectivity index (χ3v) is 3.41. The zero-order valence-electron chi connectivity index (χ0n) is 9.59. The highest BCUT2D eigenvalue weighted by Gasteiger charge is 2.17. The molecule has 0 saturated heterocycles. The summed E-state index contributed by atoms with van der Waals surface area (Å²) in [7, 11) is 0. The molecule has 0 bridgehead atoms. The van der Waals surface area contributed by atoms with E-state index in [4.69, 9.17) is 5.73 Å². The van der Waals surface area contributed by atoms with E-state index in [0.29, 0.717) is 5.13 Å². The molecule has 0 atom stereocenters. The first kappa shape index (κ1) is 10.4. The first-order valence-electron chi connectivity index (χ1n) is 5.05. The molecule has 2 aromatic rings. The summed E-state index contributed by atoms with van der Waals surface area (Å²) in [6, 6.07) is 4.35. The van der Waals surface area contributed by atoms with E-state index in [-0.39, 0.29) is 5.41 Å². The third kappa shape index (κ3) is 1.84. The molecule has 15 heavy (non-hydrogen) atoms. The molecule has 2 nitrogen and oxygen atoms in total. The van der Waals surface area contributed by atoms with Crippen LogP contribution in [-0.2, 0) is 5.41 Å². The highest BCUT2D eigenvalue weighted by molar-refractivity contribution is 7.22. The third-order valence-electron chi connectivity index (χ3n) is 2.56. The molecule has 3 heteroatoms. The van der Waals surface area contributed by atoms with E-state index >= 15 is 0 Å². The highest BCUT2D eigenvalue weighted by Crippen LogP contribution is 2.32. The fraction of sp³-hybridized carbons (Fsp3) is 0.417. The van der Waals surface area contributed by atoms with Crippen molar-refractivity contribution in [3.05, 3.63) is 23.3 Å². The van der Waals surface area contributed by atoms with Crippen LogP contribution < -0.4 is 5.73 Å². The van der Waals surface area contributed by atoms with Gasteiger partial charge < -0.3 is 5.73 Å². The van der Waals surface area contributed by atoms with Crippen LogP contribution in [0.1, 0.15) is 31.9 Å². The quantitative estimate of drug-likeness (QED) is 0.738. The Labute approximate surface area is 94.1 Å². The second kappa shape index (κ2) is 3.20. The Morgan fingerprint density at radius 1 is 1.27 bits per heavy atom. The van der Waals surface area contributed by atoms with Crippen molar-refractivity contribution in [1.82, 2.24) is 4.98 Å².